The highest BCUT2D eigenvalue weighted by Crippen LogP contribution is 2.40. The van der Waals surface area contributed by atoms with Crippen molar-refractivity contribution in [1.29, 1.82) is 0 Å². The molecule has 1 saturated heterocycles. The molecule has 0 spiro atoms. The summed E-state index contributed by atoms with van der Waals surface area (Å²) in [5, 5.41) is 21.9. The number of amides is 1. The van der Waals surface area contributed by atoms with Crippen molar-refractivity contribution in [2.75, 3.05) is 11.9 Å². The van der Waals surface area contributed by atoms with Gasteiger partial charge in [0.2, 0.25) is 11.8 Å². The summed E-state index contributed by atoms with van der Waals surface area (Å²) in [6.07, 6.45) is -0.389. The van der Waals surface area contributed by atoms with Gasteiger partial charge in [-0.25, -0.2) is 9.78 Å². The van der Waals surface area contributed by atoms with Gasteiger partial charge in [0.05, 0.1) is 0 Å². The van der Waals surface area contributed by atoms with E-state index in [0.717, 1.165) is 16.7 Å². The lowest BCUT2D eigenvalue weighted by molar-refractivity contribution is -0.131. The smallest absolute Gasteiger partial charge is 0.360 e. The summed E-state index contributed by atoms with van der Waals surface area (Å²) in [4.78, 5) is 33.6. The third kappa shape index (κ3) is 4.94. The van der Waals surface area contributed by atoms with Gasteiger partial charge in [-0.1, -0.05) is 96.2 Å². The number of thiazole rings is 1. The number of carboxylic acids is 1. The maximum atomic E-state index is 12.0. The first-order valence-electron chi connectivity index (χ1n) is 11.7. The second kappa shape index (κ2) is 10.6. The molecule has 1 aliphatic rings. The Labute approximate surface area is 217 Å². The number of benzene rings is 3. The highest BCUT2D eigenvalue weighted by Gasteiger charge is 2.37. The number of nitrogens with zero attached hydrogens (tertiary/aromatic N) is 2. The molecule has 1 amide bonds. The van der Waals surface area contributed by atoms with Crippen LogP contribution in [-0.2, 0) is 20.0 Å². The lowest BCUT2D eigenvalue weighted by Crippen LogP contribution is -2.38. The minimum absolute atomic E-state index is 0.140. The summed E-state index contributed by atoms with van der Waals surface area (Å²) >= 11 is 1.26. The second-order valence-corrected chi connectivity index (χ2v) is 9.29. The average Bonchev–Trinajstić information content (AvgIpc) is 3.57. The lowest BCUT2D eigenvalue weighted by Gasteiger charge is -2.36. The Balaban J connectivity index is 1.57. The van der Waals surface area contributed by atoms with Crippen molar-refractivity contribution in [3.05, 3.63) is 119 Å². The molecule has 2 heterocycles. The maximum absolute atomic E-state index is 12.0. The first-order chi connectivity index (χ1) is 18.1. The van der Waals surface area contributed by atoms with Crippen LogP contribution in [0.5, 0.6) is 0 Å². The Bertz CT molecular complexity index is 1310. The zero-order valence-electron chi connectivity index (χ0n) is 19.7. The highest BCUT2D eigenvalue weighted by molar-refractivity contribution is 7.14. The predicted octanol–water partition coefficient (Wildman–Crippen LogP) is 4.24. The molecule has 5 rings (SSSR count). The SMILES string of the molecule is O=C(O)/C(=N\O[C@H]1CCNC1=O)c1csc(NC(c2ccccc2)(c2ccccc2)c2ccccc2)n1. The van der Waals surface area contributed by atoms with Gasteiger partial charge in [-0.2, -0.15) is 0 Å². The summed E-state index contributed by atoms with van der Waals surface area (Å²) in [5.74, 6) is -1.61. The van der Waals surface area contributed by atoms with Crippen LogP contribution < -0.4 is 10.6 Å². The molecule has 1 aliphatic heterocycles. The molecule has 3 N–H and O–H groups in total. The first-order valence-corrected chi connectivity index (χ1v) is 12.6. The molecule has 3 aromatic carbocycles. The van der Waals surface area contributed by atoms with Gasteiger partial charge in [-0.3, -0.25) is 4.79 Å². The van der Waals surface area contributed by atoms with Gasteiger partial charge < -0.3 is 20.6 Å². The molecule has 186 valence electrons. The molecule has 0 bridgehead atoms. The molecule has 37 heavy (non-hydrogen) atoms. The fourth-order valence-electron chi connectivity index (χ4n) is 4.36. The number of anilines is 1. The fraction of sp³-hybridized carbons (Fsp3) is 0.143. The lowest BCUT2D eigenvalue weighted by atomic mass is 9.77. The third-order valence-corrected chi connectivity index (χ3v) is 6.89. The number of aliphatic carboxylic acids is 1. The summed E-state index contributed by atoms with van der Waals surface area (Å²) in [6, 6.07) is 30.1. The number of carbonyl (C=O) groups is 2. The number of hydrogen-bond donors (Lipinski definition) is 3. The van der Waals surface area contributed by atoms with Crippen molar-refractivity contribution < 1.29 is 19.5 Å². The van der Waals surface area contributed by atoms with Crippen molar-refractivity contribution >= 4 is 34.1 Å². The minimum Gasteiger partial charge on any atom is -0.476 e. The van der Waals surface area contributed by atoms with Crippen molar-refractivity contribution in [2.24, 2.45) is 5.16 Å². The van der Waals surface area contributed by atoms with E-state index >= 15 is 0 Å². The van der Waals surface area contributed by atoms with Crippen molar-refractivity contribution in [1.82, 2.24) is 10.3 Å². The van der Waals surface area contributed by atoms with Gasteiger partial charge >= 0.3 is 5.97 Å². The van der Waals surface area contributed by atoms with Crippen molar-refractivity contribution in [2.45, 2.75) is 18.1 Å². The maximum Gasteiger partial charge on any atom is 0.360 e. The molecular weight excluding hydrogens is 488 g/mol. The van der Waals surface area contributed by atoms with Crippen LogP contribution in [0.1, 0.15) is 28.8 Å². The van der Waals surface area contributed by atoms with E-state index in [1.807, 2.05) is 91.0 Å². The van der Waals surface area contributed by atoms with Crippen LogP contribution in [0.4, 0.5) is 5.13 Å². The second-order valence-electron chi connectivity index (χ2n) is 8.43. The topological polar surface area (TPSA) is 113 Å². The average molecular weight is 513 g/mol. The Morgan fingerprint density at radius 1 is 0.973 bits per heavy atom. The van der Waals surface area contributed by atoms with Crippen LogP contribution in [0.15, 0.2) is 102 Å². The quantitative estimate of drug-likeness (QED) is 0.176. The number of oxime groups is 1. The van der Waals surface area contributed by atoms with Crippen LogP contribution in [0.3, 0.4) is 0 Å². The number of rotatable bonds is 9. The van der Waals surface area contributed by atoms with Crippen LogP contribution in [0, 0.1) is 0 Å². The Morgan fingerprint density at radius 3 is 1.97 bits per heavy atom. The van der Waals surface area contributed by atoms with E-state index in [2.05, 4.69) is 20.8 Å². The normalized spacial score (nSPS) is 15.7. The van der Waals surface area contributed by atoms with Gasteiger partial charge in [0.25, 0.3) is 5.91 Å². The Kier molecular flexibility index (Phi) is 6.96. The number of hydrogen-bond acceptors (Lipinski definition) is 7. The molecule has 1 fully saturated rings. The van der Waals surface area contributed by atoms with Crippen molar-refractivity contribution in [3.63, 3.8) is 0 Å². The van der Waals surface area contributed by atoms with Gasteiger partial charge in [0.1, 0.15) is 11.2 Å². The molecule has 0 unspecified atom stereocenters. The molecule has 1 aromatic heterocycles. The minimum atomic E-state index is -1.30. The number of carbonyl (C=O) groups excluding carboxylic acids is 1. The highest BCUT2D eigenvalue weighted by atomic mass is 32.1. The molecule has 0 saturated carbocycles. The monoisotopic (exact) mass is 512 g/mol. The van der Waals surface area contributed by atoms with E-state index in [0.29, 0.717) is 18.1 Å². The zero-order valence-corrected chi connectivity index (χ0v) is 20.5. The number of carboxylic acid groups (broad SMARTS) is 1. The molecule has 0 radical (unpaired) electrons. The number of nitrogens with one attached hydrogen (secondary N) is 2. The molecule has 4 aromatic rings. The van der Waals surface area contributed by atoms with Crippen LogP contribution in [0.2, 0.25) is 0 Å². The Hall–Kier alpha value is -4.50. The summed E-state index contributed by atoms with van der Waals surface area (Å²) in [7, 11) is 0. The van der Waals surface area contributed by atoms with E-state index in [1.54, 1.807) is 5.38 Å². The Morgan fingerprint density at radius 2 is 1.51 bits per heavy atom. The van der Waals surface area contributed by atoms with Crippen molar-refractivity contribution in [3.8, 4) is 0 Å². The summed E-state index contributed by atoms with van der Waals surface area (Å²) in [6.45, 7) is 0.465. The number of aromatic nitrogens is 1. The van der Waals surface area contributed by atoms with E-state index in [-0.39, 0.29) is 17.3 Å². The van der Waals surface area contributed by atoms with Crippen LogP contribution in [-0.4, -0.2) is 40.3 Å². The zero-order chi connectivity index (χ0) is 25.7. The summed E-state index contributed by atoms with van der Waals surface area (Å²) < 4.78 is 0. The molecule has 9 heteroatoms. The predicted molar refractivity (Wildman–Crippen MR) is 142 cm³/mol. The largest absolute Gasteiger partial charge is 0.476 e. The van der Waals surface area contributed by atoms with Gasteiger partial charge in [-0.15, -0.1) is 11.3 Å². The van der Waals surface area contributed by atoms with Gasteiger partial charge in [0, 0.05) is 18.3 Å². The fourth-order valence-corrected chi connectivity index (χ4v) is 5.12. The van der Waals surface area contributed by atoms with Gasteiger partial charge in [0.15, 0.2) is 5.13 Å². The van der Waals surface area contributed by atoms with E-state index in [1.165, 1.54) is 11.3 Å². The standard InChI is InChI=1S/C28H24N4O4S/c33-25-23(16-17-29-25)36-32-24(26(34)35)22-18-37-27(30-22)31-28(19-10-4-1-5-11-19,20-12-6-2-7-13-20)21-14-8-3-9-15-21/h1-15,18,23H,16-17H2,(H,29,33)(H,30,31)(H,34,35)/b32-24-/t23-/m0/s1. The van der Waals surface area contributed by atoms with Crippen LogP contribution in [0.25, 0.3) is 0 Å². The molecule has 8 nitrogen and oxygen atoms in total. The van der Waals surface area contributed by atoms with Gasteiger partial charge in [-0.05, 0) is 16.7 Å². The van der Waals surface area contributed by atoms with E-state index < -0.39 is 17.6 Å². The summed E-state index contributed by atoms with van der Waals surface area (Å²) in [5.41, 5.74) is 1.94. The van der Waals surface area contributed by atoms with Crippen LogP contribution >= 0.6 is 11.3 Å². The molecule has 1 atom stereocenters. The van der Waals surface area contributed by atoms with E-state index in [4.69, 9.17) is 4.84 Å². The molecular formula is C28H24N4O4S. The molecule has 0 aliphatic carbocycles. The first kappa shape index (κ1) is 24.2. The van der Waals surface area contributed by atoms with E-state index in [9.17, 15) is 14.7 Å². The third-order valence-electron chi connectivity index (χ3n) is 6.13.